The Hall–Kier alpha value is -2.44. The van der Waals surface area contributed by atoms with Gasteiger partial charge in [-0.25, -0.2) is 18.6 Å². The van der Waals surface area contributed by atoms with Crippen molar-refractivity contribution in [2.24, 2.45) is 4.99 Å². The second kappa shape index (κ2) is 5.51. The fraction of sp³-hybridized carbons (Fsp3) is 0.286. The molecule has 2 rings (SSSR count). The molecule has 0 spiro atoms. The number of aliphatic imine (C=N–C) groups is 1. The number of amidine groups is 1. The van der Waals surface area contributed by atoms with E-state index in [9.17, 15) is 18.7 Å². The average Bonchev–Trinajstić information content (AvgIpc) is 2.44. The predicted molar refractivity (Wildman–Crippen MR) is 71.6 cm³/mol. The molecular formula is C14H14F2N2O3. The van der Waals surface area contributed by atoms with Gasteiger partial charge in [0.05, 0.1) is 12.7 Å². The van der Waals surface area contributed by atoms with Gasteiger partial charge in [0.15, 0.2) is 11.6 Å². The van der Waals surface area contributed by atoms with Crippen molar-refractivity contribution in [1.82, 2.24) is 4.90 Å². The second-order valence-corrected chi connectivity index (χ2v) is 4.56. The topological polar surface area (TPSA) is 62.1 Å². The van der Waals surface area contributed by atoms with E-state index in [2.05, 4.69) is 4.99 Å². The molecule has 5 nitrogen and oxygen atoms in total. The smallest absolute Gasteiger partial charge is 0.335 e. The van der Waals surface area contributed by atoms with Gasteiger partial charge < -0.3 is 14.7 Å². The molecule has 7 heteroatoms. The summed E-state index contributed by atoms with van der Waals surface area (Å²) in [5, 5.41) is 9.38. The molecule has 0 amide bonds. The molecule has 21 heavy (non-hydrogen) atoms. The van der Waals surface area contributed by atoms with Crippen molar-refractivity contribution in [2.45, 2.75) is 13.0 Å². The van der Waals surface area contributed by atoms with Gasteiger partial charge in [0.25, 0.3) is 6.02 Å². The quantitative estimate of drug-likeness (QED) is 0.909. The Morgan fingerprint density at radius 2 is 2.05 bits per heavy atom. The standard InChI is InChI=1S/C14H14F2N2O3/c1-7-11(13(19)20)12(17-14(21-3)18(7)2)8-4-5-9(15)10(16)6-8/h4-6,12H,1-3H3,(H,19,20). The molecule has 0 aliphatic carbocycles. The molecule has 1 unspecified atom stereocenters. The lowest BCUT2D eigenvalue weighted by molar-refractivity contribution is -0.133. The van der Waals surface area contributed by atoms with Gasteiger partial charge in [-0.05, 0) is 24.6 Å². The van der Waals surface area contributed by atoms with E-state index in [0.29, 0.717) is 5.70 Å². The van der Waals surface area contributed by atoms with E-state index in [-0.39, 0.29) is 17.2 Å². The van der Waals surface area contributed by atoms with Crippen LogP contribution in [0.5, 0.6) is 0 Å². The zero-order chi connectivity index (χ0) is 15.7. The van der Waals surface area contributed by atoms with E-state index in [0.717, 1.165) is 12.1 Å². The fourth-order valence-corrected chi connectivity index (χ4v) is 2.17. The van der Waals surface area contributed by atoms with Gasteiger partial charge in [-0.1, -0.05) is 6.07 Å². The highest BCUT2D eigenvalue weighted by Crippen LogP contribution is 2.34. The number of rotatable bonds is 2. The SMILES string of the molecule is COC1=NC(c2ccc(F)c(F)c2)C(C(=O)O)=C(C)N1C. The van der Waals surface area contributed by atoms with Crippen LogP contribution < -0.4 is 0 Å². The molecule has 0 bridgehead atoms. The highest BCUT2D eigenvalue weighted by atomic mass is 19.2. The zero-order valence-electron chi connectivity index (χ0n) is 11.7. The molecule has 0 saturated heterocycles. The van der Waals surface area contributed by atoms with Crippen LogP contribution in [0.15, 0.2) is 34.5 Å². The van der Waals surface area contributed by atoms with E-state index < -0.39 is 23.6 Å². The number of hydrogen-bond acceptors (Lipinski definition) is 4. The summed E-state index contributed by atoms with van der Waals surface area (Å²) >= 11 is 0. The Kier molecular flexibility index (Phi) is 3.93. The Labute approximate surface area is 120 Å². The number of aliphatic carboxylic acids is 1. The van der Waals surface area contributed by atoms with Crippen LogP contribution in [-0.2, 0) is 9.53 Å². The number of allylic oxidation sites excluding steroid dienone is 1. The third kappa shape index (κ3) is 2.58. The molecule has 0 fully saturated rings. The zero-order valence-corrected chi connectivity index (χ0v) is 11.7. The summed E-state index contributed by atoms with van der Waals surface area (Å²) < 4.78 is 31.5. The van der Waals surface area contributed by atoms with E-state index in [1.807, 2.05) is 0 Å². The number of benzene rings is 1. The first kappa shape index (κ1) is 15.0. The Morgan fingerprint density at radius 1 is 1.38 bits per heavy atom. The summed E-state index contributed by atoms with van der Waals surface area (Å²) in [7, 11) is 3.01. The minimum Gasteiger partial charge on any atom is -0.478 e. The molecule has 0 radical (unpaired) electrons. The molecule has 1 aromatic rings. The number of hydrogen-bond donors (Lipinski definition) is 1. The molecule has 1 heterocycles. The van der Waals surface area contributed by atoms with Crippen molar-refractivity contribution in [2.75, 3.05) is 14.2 Å². The monoisotopic (exact) mass is 296 g/mol. The number of halogens is 2. The molecule has 1 aliphatic heterocycles. The molecular weight excluding hydrogens is 282 g/mol. The summed E-state index contributed by atoms with van der Waals surface area (Å²) in [4.78, 5) is 17.1. The Balaban J connectivity index is 2.59. The summed E-state index contributed by atoms with van der Waals surface area (Å²) in [6.07, 6.45) is 0. The van der Waals surface area contributed by atoms with E-state index >= 15 is 0 Å². The van der Waals surface area contributed by atoms with Crippen molar-refractivity contribution in [3.8, 4) is 0 Å². The van der Waals surface area contributed by atoms with Crippen LogP contribution in [0.4, 0.5) is 8.78 Å². The second-order valence-electron chi connectivity index (χ2n) is 4.56. The highest BCUT2D eigenvalue weighted by molar-refractivity contribution is 5.92. The third-order valence-corrected chi connectivity index (χ3v) is 3.37. The Morgan fingerprint density at radius 3 is 2.57 bits per heavy atom. The summed E-state index contributed by atoms with van der Waals surface area (Å²) in [5.41, 5.74) is 0.654. The largest absolute Gasteiger partial charge is 0.478 e. The predicted octanol–water partition coefficient (Wildman–Crippen LogP) is 2.31. The van der Waals surface area contributed by atoms with Crippen LogP contribution in [0.1, 0.15) is 18.5 Å². The number of carboxylic acid groups (broad SMARTS) is 1. The van der Waals surface area contributed by atoms with E-state index in [1.165, 1.54) is 18.1 Å². The van der Waals surface area contributed by atoms with Crippen molar-refractivity contribution in [3.05, 3.63) is 46.7 Å². The normalized spacial score (nSPS) is 18.6. The van der Waals surface area contributed by atoms with Gasteiger partial charge in [-0.2, -0.15) is 0 Å². The third-order valence-electron chi connectivity index (χ3n) is 3.37. The molecule has 0 saturated carbocycles. The molecule has 112 valence electrons. The lowest BCUT2D eigenvalue weighted by atomic mass is 9.96. The van der Waals surface area contributed by atoms with Gasteiger partial charge in [-0.3, -0.25) is 0 Å². The van der Waals surface area contributed by atoms with Crippen LogP contribution in [0, 0.1) is 11.6 Å². The van der Waals surface area contributed by atoms with Crippen LogP contribution in [-0.4, -0.2) is 36.2 Å². The van der Waals surface area contributed by atoms with Gasteiger partial charge in [0.1, 0.15) is 6.04 Å². The van der Waals surface area contributed by atoms with Crippen LogP contribution in [0.25, 0.3) is 0 Å². The first-order valence-electron chi connectivity index (χ1n) is 6.11. The van der Waals surface area contributed by atoms with Gasteiger partial charge in [0.2, 0.25) is 0 Å². The molecule has 1 aromatic carbocycles. The fourth-order valence-electron chi connectivity index (χ4n) is 2.17. The maximum atomic E-state index is 13.4. The molecule has 1 atom stereocenters. The van der Waals surface area contributed by atoms with Gasteiger partial charge >= 0.3 is 5.97 Å². The maximum Gasteiger partial charge on any atom is 0.335 e. The molecule has 1 aliphatic rings. The first-order chi connectivity index (χ1) is 9.86. The molecule has 1 N–H and O–H groups in total. The van der Waals surface area contributed by atoms with Gasteiger partial charge in [0, 0.05) is 12.7 Å². The average molecular weight is 296 g/mol. The van der Waals surface area contributed by atoms with Crippen molar-refractivity contribution < 1.29 is 23.4 Å². The first-order valence-corrected chi connectivity index (χ1v) is 6.11. The van der Waals surface area contributed by atoms with Crippen molar-refractivity contribution in [1.29, 1.82) is 0 Å². The number of ether oxygens (including phenoxy) is 1. The number of carboxylic acids is 1. The molecule has 0 aromatic heterocycles. The number of methoxy groups -OCH3 is 1. The summed E-state index contributed by atoms with van der Waals surface area (Å²) in [6.45, 7) is 1.60. The van der Waals surface area contributed by atoms with Crippen molar-refractivity contribution in [3.63, 3.8) is 0 Å². The lowest BCUT2D eigenvalue weighted by Gasteiger charge is -2.30. The Bertz CT molecular complexity index is 656. The summed E-state index contributed by atoms with van der Waals surface area (Å²) in [5.74, 6) is -3.23. The van der Waals surface area contributed by atoms with Crippen LogP contribution >= 0.6 is 0 Å². The van der Waals surface area contributed by atoms with Crippen LogP contribution in [0.3, 0.4) is 0 Å². The minimum absolute atomic E-state index is 0.00990. The summed E-state index contributed by atoms with van der Waals surface area (Å²) in [6, 6.07) is 2.44. The van der Waals surface area contributed by atoms with Crippen molar-refractivity contribution >= 4 is 12.0 Å². The van der Waals surface area contributed by atoms with E-state index in [4.69, 9.17) is 4.74 Å². The highest BCUT2D eigenvalue weighted by Gasteiger charge is 2.32. The lowest BCUT2D eigenvalue weighted by Crippen LogP contribution is -2.34. The number of carbonyl (C=O) groups is 1. The number of nitrogens with zero attached hydrogens (tertiary/aromatic N) is 2. The maximum absolute atomic E-state index is 13.4. The van der Waals surface area contributed by atoms with Crippen LogP contribution in [0.2, 0.25) is 0 Å². The minimum atomic E-state index is -1.17. The van der Waals surface area contributed by atoms with Gasteiger partial charge in [-0.15, -0.1) is 0 Å². The van der Waals surface area contributed by atoms with E-state index in [1.54, 1.807) is 14.0 Å².